The third-order valence-corrected chi connectivity index (χ3v) is 4.44. The summed E-state index contributed by atoms with van der Waals surface area (Å²) in [7, 11) is -3.56. The van der Waals surface area contributed by atoms with Crippen molar-refractivity contribution in [3.8, 4) is 0 Å². The molecule has 1 fully saturated rings. The van der Waals surface area contributed by atoms with Crippen molar-refractivity contribution in [2.24, 2.45) is 0 Å². The van der Waals surface area contributed by atoms with Gasteiger partial charge < -0.3 is 4.90 Å². The second-order valence-electron chi connectivity index (χ2n) is 4.80. The van der Waals surface area contributed by atoms with Gasteiger partial charge in [-0.05, 0) is 45.0 Å². The number of rotatable bonds is 6. The second kappa shape index (κ2) is 6.47. The van der Waals surface area contributed by atoms with Gasteiger partial charge in [0, 0.05) is 6.54 Å². The Hall–Kier alpha value is -0.950. The van der Waals surface area contributed by atoms with Gasteiger partial charge in [0.1, 0.15) is 0 Å². The minimum Gasteiger partial charge on any atom is -0.301 e. The molecule has 0 bridgehead atoms. The summed E-state index contributed by atoms with van der Waals surface area (Å²) < 4.78 is 23.8. The van der Waals surface area contributed by atoms with Crippen LogP contribution in [0.15, 0.2) is 29.2 Å². The van der Waals surface area contributed by atoms with Gasteiger partial charge >= 0.3 is 0 Å². The van der Waals surface area contributed by atoms with E-state index >= 15 is 0 Å². The Morgan fingerprint density at radius 1 is 1.21 bits per heavy atom. The predicted octanol–water partition coefficient (Wildman–Crippen LogP) is 1.30. The Morgan fingerprint density at radius 3 is 2.47 bits per heavy atom. The molecule has 0 spiro atoms. The van der Waals surface area contributed by atoms with Crippen LogP contribution in [0.5, 0.6) is 0 Å². The third-order valence-electron chi connectivity index (χ3n) is 3.21. The van der Waals surface area contributed by atoms with Crippen molar-refractivity contribution in [3.05, 3.63) is 29.8 Å². The molecule has 6 heteroatoms. The van der Waals surface area contributed by atoms with E-state index in [0.29, 0.717) is 6.61 Å². The summed E-state index contributed by atoms with van der Waals surface area (Å²) in [5.41, 5.74) is 1.02. The zero-order chi connectivity index (χ0) is 13.7. The van der Waals surface area contributed by atoms with E-state index in [2.05, 4.69) is 9.79 Å². The highest BCUT2D eigenvalue weighted by Crippen LogP contribution is 2.10. The monoisotopic (exact) mass is 284 g/mol. The number of nitrogens with zero attached hydrogens (tertiary/aromatic N) is 1. The van der Waals surface area contributed by atoms with Crippen LogP contribution in [-0.2, 0) is 14.9 Å². The summed E-state index contributed by atoms with van der Waals surface area (Å²) in [5.74, 6) is 0. The van der Waals surface area contributed by atoms with E-state index in [4.69, 9.17) is 4.84 Å². The molecule has 2 rings (SSSR count). The largest absolute Gasteiger partial charge is 0.301 e. The Bertz CT molecular complexity index is 493. The van der Waals surface area contributed by atoms with E-state index in [1.165, 1.54) is 12.8 Å². The molecule has 0 radical (unpaired) electrons. The van der Waals surface area contributed by atoms with Crippen molar-refractivity contribution >= 4 is 10.0 Å². The van der Waals surface area contributed by atoms with Crippen LogP contribution in [0.4, 0.5) is 0 Å². The minimum atomic E-state index is -3.56. The highest BCUT2D eigenvalue weighted by molar-refractivity contribution is 7.89. The lowest BCUT2D eigenvalue weighted by Crippen LogP contribution is -2.30. The van der Waals surface area contributed by atoms with Crippen molar-refractivity contribution in [2.45, 2.75) is 24.7 Å². The molecule has 1 heterocycles. The van der Waals surface area contributed by atoms with Crippen molar-refractivity contribution in [1.82, 2.24) is 9.79 Å². The summed E-state index contributed by atoms with van der Waals surface area (Å²) in [6.07, 6.45) is 2.43. The average molecular weight is 284 g/mol. The van der Waals surface area contributed by atoms with Crippen LogP contribution in [-0.4, -0.2) is 39.6 Å². The fourth-order valence-corrected chi connectivity index (χ4v) is 2.89. The third kappa shape index (κ3) is 4.28. The number of sulfonamides is 1. The molecule has 0 aromatic heterocycles. The first kappa shape index (κ1) is 14.5. The van der Waals surface area contributed by atoms with Crippen LogP contribution >= 0.6 is 0 Å². The predicted molar refractivity (Wildman–Crippen MR) is 73.1 cm³/mol. The zero-order valence-electron chi connectivity index (χ0n) is 11.1. The van der Waals surface area contributed by atoms with Gasteiger partial charge in [0.2, 0.25) is 0 Å². The van der Waals surface area contributed by atoms with Crippen LogP contribution in [0.3, 0.4) is 0 Å². The SMILES string of the molecule is Cc1ccc(S(=O)(=O)NOCCN2CCCC2)cc1. The summed E-state index contributed by atoms with van der Waals surface area (Å²) in [6, 6.07) is 6.67. The van der Waals surface area contributed by atoms with Gasteiger partial charge in [0.05, 0.1) is 11.5 Å². The van der Waals surface area contributed by atoms with Gasteiger partial charge in [-0.1, -0.05) is 22.6 Å². The van der Waals surface area contributed by atoms with E-state index in [0.717, 1.165) is 25.2 Å². The summed E-state index contributed by atoms with van der Waals surface area (Å²) >= 11 is 0. The standard InChI is InChI=1S/C13H20N2O3S/c1-12-4-6-13(7-5-12)19(16,17)14-18-11-10-15-8-2-3-9-15/h4-7,14H,2-3,8-11H2,1H3. The fraction of sp³-hybridized carbons (Fsp3) is 0.538. The second-order valence-corrected chi connectivity index (χ2v) is 6.44. The molecular formula is C13H20N2O3S. The highest BCUT2D eigenvalue weighted by atomic mass is 32.2. The molecule has 1 aromatic rings. The molecule has 1 N–H and O–H groups in total. The lowest BCUT2D eigenvalue weighted by atomic mass is 10.2. The maximum Gasteiger partial charge on any atom is 0.262 e. The fourth-order valence-electron chi connectivity index (χ4n) is 2.07. The first-order chi connectivity index (χ1) is 9.08. The highest BCUT2D eigenvalue weighted by Gasteiger charge is 2.15. The number of benzene rings is 1. The Morgan fingerprint density at radius 2 is 1.84 bits per heavy atom. The van der Waals surface area contributed by atoms with E-state index in [-0.39, 0.29) is 4.90 Å². The molecule has 1 aromatic carbocycles. The number of nitrogens with one attached hydrogen (secondary N) is 1. The summed E-state index contributed by atoms with van der Waals surface area (Å²) in [6.45, 7) is 5.19. The maximum atomic E-state index is 11.9. The van der Waals surface area contributed by atoms with Crippen LogP contribution in [0, 0.1) is 6.92 Å². The van der Waals surface area contributed by atoms with Crippen molar-refractivity contribution < 1.29 is 13.3 Å². The van der Waals surface area contributed by atoms with Crippen LogP contribution < -0.4 is 4.89 Å². The van der Waals surface area contributed by atoms with Crippen LogP contribution in [0.2, 0.25) is 0 Å². The molecule has 0 saturated carbocycles. The average Bonchev–Trinajstić information content (AvgIpc) is 2.88. The molecule has 0 amide bonds. The molecule has 0 atom stereocenters. The molecular weight excluding hydrogens is 264 g/mol. The van der Waals surface area contributed by atoms with Crippen LogP contribution in [0.1, 0.15) is 18.4 Å². The molecule has 1 aliphatic heterocycles. The molecule has 0 aliphatic carbocycles. The number of hydrogen-bond acceptors (Lipinski definition) is 4. The van der Waals surface area contributed by atoms with Crippen molar-refractivity contribution in [3.63, 3.8) is 0 Å². The number of hydrogen-bond donors (Lipinski definition) is 1. The van der Waals surface area contributed by atoms with Gasteiger partial charge in [-0.3, -0.25) is 4.84 Å². The van der Waals surface area contributed by atoms with E-state index in [9.17, 15) is 8.42 Å². The molecule has 1 saturated heterocycles. The van der Waals surface area contributed by atoms with Crippen molar-refractivity contribution in [2.75, 3.05) is 26.2 Å². The first-order valence-corrected chi connectivity index (χ1v) is 7.99. The van der Waals surface area contributed by atoms with Gasteiger partial charge in [-0.2, -0.15) is 0 Å². The van der Waals surface area contributed by atoms with Gasteiger partial charge in [-0.25, -0.2) is 8.42 Å². The summed E-state index contributed by atoms with van der Waals surface area (Å²) in [4.78, 5) is 9.72. The topological polar surface area (TPSA) is 58.6 Å². The van der Waals surface area contributed by atoms with Gasteiger partial charge in [0.15, 0.2) is 0 Å². The quantitative estimate of drug-likeness (QED) is 0.632. The normalized spacial score (nSPS) is 16.9. The Labute approximate surface area is 114 Å². The van der Waals surface area contributed by atoms with Crippen LogP contribution in [0.25, 0.3) is 0 Å². The van der Waals surface area contributed by atoms with Gasteiger partial charge in [-0.15, -0.1) is 0 Å². The van der Waals surface area contributed by atoms with Crippen molar-refractivity contribution in [1.29, 1.82) is 0 Å². The molecule has 0 unspecified atom stereocenters. The minimum absolute atomic E-state index is 0.222. The Kier molecular flexibility index (Phi) is 4.93. The smallest absolute Gasteiger partial charge is 0.262 e. The first-order valence-electron chi connectivity index (χ1n) is 6.50. The van der Waals surface area contributed by atoms with E-state index in [1.807, 2.05) is 6.92 Å². The maximum absolute atomic E-state index is 11.9. The van der Waals surface area contributed by atoms with Gasteiger partial charge in [0.25, 0.3) is 10.0 Å². The molecule has 1 aliphatic rings. The number of likely N-dealkylation sites (tertiary alicyclic amines) is 1. The molecule has 19 heavy (non-hydrogen) atoms. The zero-order valence-corrected chi connectivity index (χ0v) is 11.9. The number of aryl methyl sites for hydroxylation is 1. The molecule has 5 nitrogen and oxygen atoms in total. The van der Waals surface area contributed by atoms with E-state index < -0.39 is 10.0 Å². The lowest BCUT2D eigenvalue weighted by Gasteiger charge is -2.14. The molecule has 106 valence electrons. The Balaban J connectivity index is 1.79. The lowest BCUT2D eigenvalue weighted by molar-refractivity contribution is 0.0756. The summed E-state index contributed by atoms with van der Waals surface area (Å²) in [5, 5.41) is 0. The van der Waals surface area contributed by atoms with E-state index in [1.54, 1.807) is 24.3 Å².